The van der Waals surface area contributed by atoms with Gasteiger partial charge in [-0.25, -0.2) is 4.79 Å². The molecule has 2 rings (SSSR count). The SMILES string of the molecule is CC(=O)N[C@@H](CC(C)C)C(=O)NCC(=O)N(c1ccc2c(C)cc(=O)oc2c1)[C@@H](CCCCNC(=O)C(F)(F)F)C(N)=O. The number of carbonyl (C=O) groups is 5. The fourth-order valence-corrected chi connectivity index (χ4v) is 4.44. The van der Waals surface area contributed by atoms with Crippen LogP contribution in [-0.4, -0.2) is 60.9 Å². The van der Waals surface area contributed by atoms with Gasteiger partial charge in [-0.15, -0.1) is 0 Å². The highest BCUT2D eigenvalue weighted by Gasteiger charge is 2.38. The summed E-state index contributed by atoms with van der Waals surface area (Å²) in [5.41, 5.74) is 5.83. The van der Waals surface area contributed by atoms with E-state index in [1.54, 1.807) is 18.3 Å². The molecule has 1 aromatic carbocycles. The van der Waals surface area contributed by atoms with Crippen molar-refractivity contribution in [1.29, 1.82) is 0 Å². The second-order valence-corrected chi connectivity index (χ2v) is 10.5. The average molecular weight is 612 g/mol. The Bertz CT molecular complexity index is 1410. The summed E-state index contributed by atoms with van der Waals surface area (Å²) in [6, 6.07) is 3.47. The summed E-state index contributed by atoms with van der Waals surface area (Å²) in [5, 5.41) is 7.30. The number of aryl methyl sites for hydroxylation is 1. The first-order chi connectivity index (χ1) is 20.0. The van der Waals surface area contributed by atoms with Gasteiger partial charge in [-0.2, -0.15) is 13.2 Å². The van der Waals surface area contributed by atoms with Crippen molar-refractivity contribution < 1.29 is 41.6 Å². The van der Waals surface area contributed by atoms with Gasteiger partial charge in [0, 0.05) is 36.7 Å². The van der Waals surface area contributed by atoms with Crippen molar-refractivity contribution in [2.45, 2.75) is 71.6 Å². The van der Waals surface area contributed by atoms with Crippen LogP contribution in [0.5, 0.6) is 0 Å². The lowest BCUT2D eigenvalue weighted by Crippen LogP contribution is -2.53. The second-order valence-electron chi connectivity index (χ2n) is 10.5. The Morgan fingerprint density at radius 2 is 1.72 bits per heavy atom. The maximum atomic E-state index is 13.6. The molecule has 0 aliphatic rings. The Morgan fingerprint density at radius 3 is 2.30 bits per heavy atom. The second kappa shape index (κ2) is 15.2. The Hall–Kier alpha value is -4.43. The smallest absolute Gasteiger partial charge is 0.423 e. The monoisotopic (exact) mass is 611 g/mol. The lowest BCUT2D eigenvalue weighted by Gasteiger charge is -2.30. The minimum atomic E-state index is -5.04. The number of anilines is 1. The number of rotatable bonds is 14. The topological polar surface area (TPSA) is 181 Å². The van der Waals surface area contributed by atoms with Crippen molar-refractivity contribution >= 4 is 46.2 Å². The molecule has 15 heteroatoms. The summed E-state index contributed by atoms with van der Waals surface area (Å²) < 4.78 is 42.6. The van der Waals surface area contributed by atoms with Crippen molar-refractivity contribution in [2.75, 3.05) is 18.0 Å². The number of halogens is 3. The van der Waals surface area contributed by atoms with Crippen molar-refractivity contribution in [3.63, 3.8) is 0 Å². The molecule has 0 bridgehead atoms. The fourth-order valence-electron chi connectivity index (χ4n) is 4.44. The van der Waals surface area contributed by atoms with E-state index in [1.165, 1.54) is 25.1 Å². The van der Waals surface area contributed by atoms with Gasteiger partial charge in [0.05, 0.1) is 6.54 Å². The maximum absolute atomic E-state index is 13.6. The zero-order chi connectivity index (χ0) is 32.5. The van der Waals surface area contributed by atoms with E-state index < -0.39 is 60.0 Å². The molecule has 0 unspecified atom stereocenters. The molecule has 5 amide bonds. The van der Waals surface area contributed by atoms with Gasteiger partial charge in [0.2, 0.25) is 23.6 Å². The summed E-state index contributed by atoms with van der Waals surface area (Å²) in [6.45, 7) is 5.69. The lowest BCUT2D eigenvalue weighted by molar-refractivity contribution is -0.173. The summed E-state index contributed by atoms with van der Waals surface area (Å²) in [4.78, 5) is 74.6. The van der Waals surface area contributed by atoms with E-state index in [2.05, 4.69) is 10.6 Å². The zero-order valence-corrected chi connectivity index (χ0v) is 24.3. The first-order valence-corrected chi connectivity index (χ1v) is 13.6. The lowest BCUT2D eigenvalue weighted by atomic mass is 10.0. The molecular weight excluding hydrogens is 575 g/mol. The van der Waals surface area contributed by atoms with Crippen LogP contribution in [0, 0.1) is 12.8 Å². The first kappa shape index (κ1) is 34.8. The Labute approximate surface area is 245 Å². The predicted molar refractivity (Wildman–Crippen MR) is 151 cm³/mol. The first-order valence-electron chi connectivity index (χ1n) is 13.6. The van der Waals surface area contributed by atoms with Crippen LogP contribution in [0.15, 0.2) is 33.5 Å². The van der Waals surface area contributed by atoms with E-state index in [4.69, 9.17) is 10.2 Å². The largest absolute Gasteiger partial charge is 0.471 e. The fraction of sp³-hybridized carbons (Fsp3) is 0.500. The van der Waals surface area contributed by atoms with Crippen LogP contribution < -0.4 is 32.2 Å². The van der Waals surface area contributed by atoms with Crippen LogP contribution in [0.2, 0.25) is 0 Å². The number of hydrogen-bond donors (Lipinski definition) is 4. The van der Waals surface area contributed by atoms with Crippen LogP contribution in [0.25, 0.3) is 11.0 Å². The number of amides is 5. The minimum Gasteiger partial charge on any atom is -0.423 e. The normalized spacial score (nSPS) is 12.8. The molecular formula is C28H36F3N5O7. The van der Waals surface area contributed by atoms with Gasteiger partial charge in [-0.3, -0.25) is 28.9 Å². The van der Waals surface area contributed by atoms with E-state index in [0.717, 1.165) is 4.90 Å². The van der Waals surface area contributed by atoms with E-state index in [0.29, 0.717) is 17.4 Å². The number of nitrogens with one attached hydrogen (secondary N) is 3. The molecule has 2 atom stereocenters. The van der Waals surface area contributed by atoms with E-state index in [1.807, 2.05) is 13.8 Å². The number of unbranched alkanes of at least 4 members (excludes halogenated alkanes) is 1. The standard InChI is InChI=1S/C28H36F3N5O7/c1-15(2)11-20(35-17(4)37)26(41)34-14-23(38)36(18-8-9-19-16(3)12-24(39)43-22(19)13-18)21(25(32)40)7-5-6-10-33-27(42)28(29,30)31/h8-9,12-13,15,20-21H,5-7,10-11,14H2,1-4H3,(H2,32,40)(H,33,42)(H,34,41)(H,35,37)/t20-,21-/m0/s1. The average Bonchev–Trinajstić information content (AvgIpc) is 2.88. The van der Waals surface area contributed by atoms with Gasteiger partial charge in [0.15, 0.2) is 0 Å². The van der Waals surface area contributed by atoms with Crippen LogP contribution >= 0.6 is 0 Å². The molecule has 0 aliphatic heterocycles. The summed E-state index contributed by atoms with van der Waals surface area (Å²) >= 11 is 0. The predicted octanol–water partition coefficient (Wildman–Crippen LogP) is 1.80. The number of nitrogens with zero attached hydrogens (tertiary/aromatic N) is 1. The molecule has 5 N–H and O–H groups in total. The summed E-state index contributed by atoms with van der Waals surface area (Å²) in [7, 11) is 0. The van der Waals surface area contributed by atoms with E-state index in [9.17, 15) is 41.9 Å². The number of primary amides is 1. The zero-order valence-electron chi connectivity index (χ0n) is 24.3. The highest BCUT2D eigenvalue weighted by molar-refractivity contribution is 6.04. The van der Waals surface area contributed by atoms with Crippen molar-refractivity contribution in [3.8, 4) is 0 Å². The molecule has 236 valence electrons. The number of fused-ring (bicyclic) bond motifs is 1. The van der Waals surface area contributed by atoms with Gasteiger partial charge in [-0.1, -0.05) is 13.8 Å². The minimum absolute atomic E-state index is 0.0315. The molecule has 1 aromatic heterocycles. The third kappa shape index (κ3) is 10.4. The van der Waals surface area contributed by atoms with Gasteiger partial charge < -0.3 is 26.1 Å². The highest BCUT2D eigenvalue weighted by Crippen LogP contribution is 2.26. The summed E-state index contributed by atoms with van der Waals surface area (Å²) in [6.07, 6.45) is -4.73. The highest BCUT2D eigenvalue weighted by atomic mass is 19.4. The van der Waals surface area contributed by atoms with Crippen LogP contribution in [0.3, 0.4) is 0 Å². The van der Waals surface area contributed by atoms with E-state index in [-0.39, 0.29) is 43.0 Å². The molecule has 0 aliphatic carbocycles. The van der Waals surface area contributed by atoms with Crippen molar-refractivity contribution in [2.24, 2.45) is 11.7 Å². The Kier molecular flexibility index (Phi) is 12.3. The number of nitrogens with two attached hydrogens (primary N) is 1. The Morgan fingerprint density at radius 1 is 1.05 bits per heavy atom. The number of alkyl halides is 3. The molecule has 0 saturated carbocycles. The Balaban J connectivity index is 2.35. The molecule has 0 fully saturated rings. The van der Waals surface area contributed by atoms with Gasteiger partial charge >= 0.3 is 17.7 Å². The van der Waals surface area contributed by atoms with Gasteiger partial charge in [0.1, 0.15) is 17.7 Å². The molecule has 0 saturated heterocycles. The number of carbonyl (C=O) groups excluding carboxylic acids is 5. The molecule has 0 spiro atoms. The maximum Gasteiger partial charge on any atom is 0.471 e. The van der Waals surface area contributed by atoms with Crippen LogP contribution in [0.4, 0.5) is 18.9 Å². The van der Waals surface area contributed by atoms with E-state index >= 15 is 0 Å². The third-order valence-corrected chi connectivity index (χ3v) is 6.38. The van der Waals surface area contributed by atoms with Gasteiger partial charge in [-0.05, 0) is 56.2 Å². The molecule has 1 heterocycles. The van der Waals surface area contributed by atoms with Crippen molar-refractivity contribution in [1.82, 2.24) is 16.0 Å². The van der Waals surface area contributed by atoms with Gasteiger partial charge in [0.25, 0.3) is 0 Å². The van der Waals surface area contributed by atoms with Crippen molar-refractivity contribution in [3.05, 3.63) is 40.2 Å². The molecule has 2 aromatic rings. The molecule has 43 heavy (non-hydrogen) atoms. The quantitative estimate of drug-likeness (QED) is 0.186. The number of hydrogen-bond acceptors (Lipinski definition) is 7. The van der Waals surface area contributed by atoms with Crippen LogP contribution in [0.1, 0.15) is 52.0 Å². The third-order valence-electron chi connectivity index (χ3n) is 6.38. The number of benzene rings is 1. The summed E-state index contributed by atoms with van der Waals surface area (Å²) in [5.74, 6) is -4.86. The van der Waals surface area contributed by atoms with Crippen LogP contribution in [-0.2, 0) is 24.0 Å². The molecule has 12 nitrogen and oxygen atoms in total. The molecule has 0 radical (unpaired) electrons.